The molecule has 0 fully saturated rings. The lowest BCUT2D eigenvalue weighted by Crippen LogP contribution is -0.382. The molecule has 0 unspecified atom stereocenters. The maximum atomic E-state index is 0. The van der Waals surface area contributed by atoms with E-state index in [0.717, 1.165) is 0 Å². The third-order valence-electron chi connectivity index (χ3n) is 0. The van der Waals surface area contributed by atoms with Crippen LogP contribution in [0.1, 0.15) is 0 Å². The fraction of sp³-hybridized carbons (Fsp3) is 0. The number of hydrogen-bond acceptors (Lipinski definition) is 0. The summed E-state index contributed by atoms with van der Waals surface area (Å²) < 4.78 is 0. The van der Waals surface area contributed by atoms with Crippen LogP contribution in [-0.4, -0.2) is 51.4 Å². The average Bonchev–Trinajstić information content (AvgIpc) is 0. The molecule has 0 aliphatic rings. The molecular formula is H4AlMgO2. The van der Waals surface area contributed by atoms with Gasteiger partial charge in [0, 0.05) is 40.4 Å². The molecule has 4 N–H and O–H groups in total. The van der Waals surface area contributed by atoms with E-state index in [0.29, 0.717) is 0 Å². The van der Waals surface area contributed by atoms with E-state index in [1.807, 2.05) is 0 Å². The summed E-state index contributed by atoms with van der Waals surface area (Å²) in [6, 6.07) is 0. The molecule has 0 heterocycles. The van der Waals surface area contributed by atoms with Crippen LogP contribution in [-0.2, 0) is 0 Å². The van der Waals surface area contributed by atoms with E-state index < -0.39 is 0 Å². The SMILES string of the molecule is O.O.[Al].[Mg]. The van der Waals surface area contributed by atoms with Crippen molar-refractivity contribution in [3.05, 3.63) is 0 Å². The highest BCUT2D eigenvalue weighted by Crippen LogP contribution is -0.288. The van der Waals surface area contributed by atoms with Gasteiger partial charge in [0.1, 0.15) is 0 Å². The van der Waals surface area contributed by atoms with Gasteiger partial charge in [0.25, 0.3) is 0 Å². The normalized spacial score (nSPS) is 0. The van der Waals surface area contributed by atoms with Gasteiger partial charge in [-0.15, -0.1) is 0 Å². The molecule has 0 aromatic rings. The summed E-state index contributed by atoms with van der Waals surface area (Å²) in [6.45, 7) is 0. The van der Waals surface area contributed by atoms with E-state index in [9.17, 15) is 0 Å². The van der Waals surface area contributed by atoms with Crippen molar-refractivity contribution in [2.45, 2.75) is 0 Å². The summed E-state index contributed by atoms with van der Waals surface area (Å²) >= 11 is 0. The molecule has 5 radical (unpaired) electrons. The van der Waals surface area contributed by atoms with Crippen molar-refractivity contribution in [1.29, 1.82) is 0 Å². The first-order valence-corrected chi connectivity index (χ1v) is 0. The molecule has 0 saturated heterocycles. The van der Waals surface area contributed by atoms with Crippen molar-refractivity contribution >= 4 is 40.4 Å². The standard InChI is InChI=1S/Al.Mg.2H2O/h;;2*1H2. The molecule has 0 atom stereocenters. The van der Waals surface area contributed by atoms with Crippen LogP contribution in [0.2, 0.25) is 0 Å². The molecule has 0 aromatic heterocycles. The highest BCUT2D eigenvalue weighted by atomic mass is 27.0. The zero-order valence-electron chi connectivity index (χ0n) is 2.28. The second-order valence-electron chi connectivity index (χ2n) is 0. The van der Waals surface area contributed by atoms with Gasteiger partial charge in [0.15, 0.2) is 0 Å². The Morgan fingerprint density at radius 1 is 0.750 bits per heavy atom. The molecule has 21 valence electrons. The Morgan fingerprint density at radius 3 is 0.750 bits per heavy atom. The third-order valence-corrected chi connectivity index (χ3v) is 0. The van der Waals surface area contributed by atoms with Crippen LogP contribution < -0.4 is 0 Å². The lowest BCUT2D eigenvalue weighted by atomic mass is 16.0. The van der Waals surface area contributed by atoms with Crippen molar-refractivity contribution in [3.8, 4) is 0 Å². The van der Waals surface area contributed by atoms with Crippen LogP contribution in [0.4, 0.5) is 0 Å². The maximum Gasteiger partial charge on any atom is 0 e. The fourth-order valence-corrected chi connectivity index (χ4v) is 0. The van der Waals surface area contributed by atoms with Crippen molar-refractivity contribution in [1.82, 2.24) is 0 Å². The quantitative estimate of drug-likeness (QED) is 0.295. The minimum atomic E-state index is 0. The topological polar surface area (TPSA) is 63.0 Å². The second kappa shape index (κ2) is 29.4. The second-order valence-corrected chi connectivity index (χ2v) is 0. The van der Waals surface area contributed by atoms with Crippen LogP contribution >= 0.6 is 0 Å². The maximum absolute atomic E-state index is 0. The number of rotatable bonds is 0. The van der Waals surface area contributed by atoms with Gasteiger partial charge in [-0.2, -0.15) is 0 Å². The molecule has 2 nitrogen and oxygen atoms in total. The predicted molar refractivity (Wildman–Crippen MR) is 18.7 cm³/mol. The summed E-state index contributed by atoms with van der Waals surface area (Å²) in [5, 5.41) is 0. The minimum Gasteiger partial charge on any atom is -0.412 e. The molecule has 0 saturated carbocycles. The van der Waals surface area contributed by atoms with Gasteiger partial charge in [-0.25, -0.2) is 0 Å². The largest absolute Gasteiger partial charge is 0.412 e. The summed E-state index contributed by atoms with van der Waals surface area (Å²) in [7, 11) is 0. The van der Waals surface area contributed by atoms with Gasteiger partial charge in [0.2, 0.25) is 0 Å². The molecular weight excluding hydrogens is 83.3 g/mol. The molecule has 0 spiro atoms. The van der Waals surface area contributed by atoms with E-state index in [-0.39, 0.29) is 51.4 Å². The smallest absolute Gasteiger partial charge is 0 e. The molecule has 0 aliphatic heterocycles. The lowest BCUT2D eigenvalue weighted by Gasteiger charge is -0.413. The van der Waals surface area contributed by atoms with Crippen molar-refractivity contribution in [3.63, 3.8) is 0 Å². The fourth-order valence-electron chi connectivity index (χ4n) is 0. The van der Waals surface area contributed by atoms with E-state index in [1.165, 1.54) is 0 Å². The molecule has 0 aliphatic carbocycles. The van der Waals surface area contributed by atoms with Crippen LogP contribution in [0, 0.1) is 0 Å². The van der Waals surface area contributed by atoms with Gasteiger partial charge in [0.05, 0.1) is 0 Å². The van der Waals surface area contributed by atoms with Crippen LogP contribution in [0.25, 0.3) is 0 Å². The molecule has 4 heteroatoms. The average molecular weight is 87.3 g/mol. The predicted octanol–water partition coefficient (Wildman–Crippen LogP) is -2.41. The van der Waals surface area contributed by atoms with Gasteiger partial charge >= 0.3 is 0 Å². The zero-order valence-corrected chi connectivity index (χ0v) is 4.85. The summed E-state index contributed by atoms with van der Waals surface area (Å²) in [4.78, 5) is 0. The van der Waals surface area contributed by atoms with E-state index in [2.05, 4.69) is 0 Å². The molecule has 0 aromatic carbocycles. The van der Waals surface area contributed by atoms with E-state index >= 15 is 0 Å². The van der Waals surface area contributed by atoms with Crippen molar-refractivity contribution in [2.24, 2.45) is 0 Å². The first-order valence-electron chi connectivity index (χ1n) is 0. The summed E-state index contributed by atoms with van der Waals surface area (Å²) in [5.41, 5.74) is 0. The van der Waals surface area contributed by atoms with Gasteiger partial charge in [-0.1, -0.05) is 0 Å². The van der Waals surface area contributed by atoms with Gasteiger partial charge in [-0.05, 0) is 0 Å². The minimum absolute atomic E-state index is 0. The van der Waals surface area contributed by atoms with E-state index in [1.54, 1.807) is 0 Å². The molecule has 0 amide bonds. The van der Waals surface area contributed by atoms with Crippen LogP contribution in [0.15, 0.2) is 0 Å². The van der Waals surface area contributed by atoms with Gasteiger partial charge in [-0.3, -0.25) is 0 Å². The zero-order chi connectivity index (χ0) is 0. The Kier molecular flexibility index (Phi) is 460. The third kappa shape index (κ3) is 10.7. The van der Waals surface area contributed by atoms with E-state index in [4.69, 9.17) is 0 Å². The van der Waals surface area contributed by atoms with Crippen LogP contribution in [0.5, 0.6) is 0 Å². The van der Waals surface area contributed by atoms with Crippen molar-refractivity contribution < 1.29 is 11.0 Å². The highest BCUT2D eigenvalue weighted by molar-refractivity contribution is 5.76. The van der Waals surface area contributed by atoms with Crippen LogP contribution in [0.3, 0.4) is 0 Å². The number of hydrogen-bond donors (Lipinski definition) is 0. The summed E-state index contributed by atoms with van der Waals surface area (Å²) in [6.07, 6.45) is 0. The first kappa shape index (κ1) is 62.5. The molecule has 0 bridgehead atoms. The lowest BCUT2D eigenvalue weighted by molar-refractivity contribution is 0.823. The summed E-state index contributed by atoms with van der Waals surface area (Å²) in [5.74, 6) is 0. The molecule has 4 heavy (non-hydrogen) atoms. The Morgan fingerprint density at radius 2 is 0.750 bits per heavy atom. The Balaban J connectivity index is 0. The highest BCUT2D eigenvalue weighted by Gasteiger charge is 0.00101. The molecule has 0 rings (SSSR count). The Hall–Kier alpha value is 1.22. The first-order chi connectivity index (χ1) is 0. The monoisotopic (exact) mass is 87.0 g/mol. The Labute approximate surface area is 51.5 Å². The Bertz CT molecular complexity index is 6.00. The van der Waals surface area contributed by atoms with Gasteiger partial charge < -0.3 is 11.0 Å². The van der Waals surface area contributed by atoms with Crippen molar-refractivity contribution in [2.75, 3.05) is 0 Å².